The summed E-state index contributed by atoms with van der Waals surface area (Å²) < 4.78 is 34.4. The fraction of sp³-hybridized carbons (Fsp3) is 0.883. The van der Waals surface area contributed by atoms with Crippen molar-refractivity contribution in [2.45, 2.75) is 407 Å². The summed E-state index contributed by atoms with van der Waals surface area (Å²) in [4.78, 5) is 13.5. The molecule has 0 aromatic heterocycles. The van der Waals surface area contributed by atoms with Crippen LogP contribution in [-0.2, 0) is 33.2 Å². The average molecular weight is 1370 g/mol. The largest absolute Gasteiger partial charge is 0.394 e. The highest BCUT2D eigenvalue weighted by molar-refractivity contribution is 5.76. The van der Waals surface area contributed by atoms with E-state index in [0.717, 1.165) is 44.9 Å². The molecule has 17 atom stereocenters. The van der Waals surface area contributed by atoms with Gasteiger partial charge in [-0.3, -0.25) is 4.79 Å². The molecule has 0 aliphatic carbocycles. The molecule has 3 rings (SSSR count). The smallest absolute Gasteiger partial charge is 0.220 e. The molecule has 1 amide bonds. The Balaban J connectivity index is 1.42. The first-order valence-corrected chi connectivity index (χ1v) is 38.9. The van der Waals surface area contributed by atoms with Crippen molar-refractivity contribution in [3.63, 3.8) is 0 Å². The van der Waals surface area contributed by atoms with Crippen molar-refractivity contribution < 1.29 is 89.4 Å². The van der Waals surface area contributed by atoms with E-state index in [2.05, 4.69) is 55.6 Å². The molecular weight excluding hydrogens is 1230 g/mol. The molecule has 96 heavy (non-hydrogen) atoms. The zero-order chi connectivity index (χ0) is 69.6. The number of nitrogens with one attached hydrogen (secondary N) is 1. The zero-order valence-corrected chi connectivity index (χ0v) is 59.9. The maximum atomic E-state index is 13.5. The monoisotopic (exact) mass is 1370 g/mol. The molecule has 12 N–H and O–H groups in total. The van der Waals surface area contributed by atoms with Gasteiger partial charge in [0.1, 0.15) is 73.2 Å². The molecule has 19 heteroatoms. The number of hydrogen-bond acceptors (Lipinski definition) is 18. The molecule has 3 aliphatic heterocycles. The molecule has 0 bridgehead atoms. The van der Waals surface area contributed by atoms with Crippen molar-refractivity contribution in [3.05, 3.63) is 48.6 Å². The zero-order valence-electron chi connectivity index (χ0n) is 59.9. The highest BCUT2D eigenvalue weighted by Crippen LogP contribution is 2.33. The lowest BCUT2D eigenvalue weighted by Gasteiger charge is -2.48. The fourth-order valence-electron chi connectivity index (χ4n) is 13.0. The van der Waals surface area contributed by atoms with Crippen molar-refractivity contribution in [2.24, 2.45) is 0 Å². The van der Waals surface area contributed by atoms with Crippen LogP contribution in [0.15, 0.2) is 48.6 Å². The Bertz CT molecular complexity index is 1930. The highest BCUT2D eigenvalue weighted by atomic mass is 16.8. The van der Waals surface area contributed by atoms with Crippen LogP contribution in [0.3, 0.4) is 0 Å². The van der Waals surface area contributed by atoms with Gasteiger partial charge in [0.2, 0.25) is 5.91 Å². The lowest BCUT2D eigenvalue weighted by atomic mass is 9.96. The van der Waals surface area contributed by atoms with E-state index in [4.69, 9.17) is 28.4 Å². The minimum atomic E-state index is -1.98. The van der Waals surface area contributed by atoms with Crippen molar-refractivity contribution in [2.75, 3.05) is 26.4 Å². The third-order valence-corrected chi connectivity index (χ3v) is 19.3. The summed E-state index contributed by atoms with van der Waals surface area (Å²) in [5.41, 5.74) is 0. The van der Waals surface area contributed by atoms with Crippen LogP contribution in [0.1, 0.15) is 303 Å². The standard InChI is InChI=1S/C77H141NO18/c1-3-5-7-9-11-13-15-17-19-21-23-25-27-29-31-32-34-36-38-40-42-44-46-48-50-52-54-61(82)60(78-65(83)55-53-51-49-47-45-43-41-39-37-35-33-30-28-26-24-22-20-18-16-14-12-10-8-6-4-2)59-91-75-71(89)68(86)73(63(57-80)93-75)96-77-72(90)69(87)74(64(58-81)94-77)95-76-70(88)67(85)66(84)62(56-79)92-76/h22,24,36,38,44,46,52,54,60-64,66-77,79-82,84-90H,3-21,23,25-35,37,39-43,45,47-51,53,55-59H2,1-2H3,(H,78,83)/b24-22-,38-36+,46-44+,54-52+. The number of allylic oxidation sites excluding steroid dienone is 7. The Morgan fingerprint density at radius 3 is 1.04 bits per heavy atom. The molecule has 0 aromatic carbocycles. The number of amides is 1. The summed E-state index contributed by atoms with van der Waals surface area (Å²) in [5.74, 6) is -0.286. The normalized spacial score (nSPS) is 27.3. The third kappa shape index (κ3) is 38.7. The molecule has 0 saturated carbocycles. The Labute approximate surface area is 580 Å². The summed E-state index contributed by atoms with van der Waals surface area (Å²) in [6, 6.07) is -0.998. The molecule has 3 aliphatic rings. The van der Waals surface area contributed by atoms with Gasteiger partial charge < -0.3 is 89.9 Å². The number of hydrogen-bond donors (Lipinski definition) is 12. The second kappa shape index (κ2) is 58.3. The first kappa shape index (κ1) is 88.0. The summed E-state index contributed by atoms with van der Waals surface area (Å²) in [5, 5.41) is 121. The van der Waals surface area contributed by atoms with Gasteiger partial charge in [0.05, 0.1) is 38.6 Å². The number of rotatable bonds is 61. The van der Waals surface area contributed by atoms with Crippen LogP contribution < -0.4 is 5.32 Å². The van der Waals surface area contributed by atoms with E-state index in [-0.39, 0.29) is 18.9 Å². The maximum Gasteiger partial charge on any atom is 0.220 e. The second-order valence-electron chi connectivity index (χ2n) is 27.8. The van der Waals surface area contributed by atoms with Gasteiger partial charge in [-0.05, 0) is 70.6 Å². The number of carbonyl (C=O) groups is 1. The number of aliphatic hydroxyl groups is 11. The first-order valence-electron chi connectivity index (χ1n) is 38.9. The summed E-state index contributed by atoms with van der Waals surface area (Å²) in [7, 11) is 0. The summed E-state index contributed by atoms with van der Waals surface area (Å²) in [6.45, 7) is 1.75. The van der Waals surface area contributed by atoms with Crippen molar-refractivity contribution >= 4 is 5.91 Å². The van der Waals surface area contributed by atoms with Crippen LogP contribution in [-0.4, -0.2) is 193 Å². The van der Waals surface area contributed by atoms with Gasteiger partial charge in [-0.1, -0.05) is 274 Å². The van der Waals surface area contributed by atoms with Crippen molar-refractivity contribution in [3.8, 4) is 0 Å². The van der Waals surface area contributed by atoms with Crippen LogP contribution in [0.4, 0.5) is 0 Å². The minimum absolute atomic E-state index is 0.233. The molecule has 0 radical (unpaired) electrons. The number of ether oxygens (including phenoxy) is 6. The van der Waals surface area contributed by atoms with Gasteiger partial charge in [-0.15, -0.1) is 0 Å². The Morgan fingerprint density at radius 1 is 0.365 bits per heavy atom. The van der Waals surface area contributed by atoms with Gasteiger partial charge in [0.15, 0.2) is 18.9 Å². The Morgan fingerprint density at radius 2 is 0.667 bits per heavy atom. The fourth-order valence-corrected chi connectivity index (χ4v) is 13.0. The van der Waals surface area contributed by atoms with Crippen LogP contribution in [0, 0.1) is 0 Å². The number of unbranched alkanes of at least 4 members (excludes halogenated alkanes) is 39. The van der Waals surface area contributed by atoms with E-state index in [1.165, 1.54) is 225 Å². The van der Waals surface area contributed by atoms with E-state index < -0.39 is 124 Å². The molecule has 0 aromatic rings. The topological polar surface area (TPSA) is 307 Å². The van der Waals surface area contributed by atoms with Gasteiger partial charge in [-0.2, -0.15) is 0 Å². The van der Waals surface area contributed by atoms with Crippen LogP contribution in [0.2, 0.25) is 0 Å². The molecule has 562 valence electrons. The summed E-state index contributed by atoms with van der Waals surface area (Å²) in [6.07, 6.45) is 45.3. The Kier molecular flexibility index (Phi) is 53.4. The van der Waals surface area contributed by atoms with Gasteiger partial charge in [0, 0.05) is 6.42 Å². The quantitative estimate of drug-likeness (QED) is 0.0199. The van der Waals surface area contributed by atoms with Gasteiger partial charge >= 0.3 is 0 Å². The van der Waals surface area contributed by atoms with E-state index >= 15 is 0 Å². The van der Waals surface area contributed by atoms with Gasteiger partial charge in [0.25, 0.3) is 0 Å². The predicted octanol–water partition coefficient (Wildman–Crippen LogP) is 12.1. The van der Waals surface area contributed by atoms with Crippen molar-refractivity contribution in [1.82, 2.24) is 5.32 Å². The molecule has 3 saturated heterocycles. The molecule has 3 fully saturated rings. The highest BCUT2D eigenvalue weighted by Gasteiger charge is 2.53. The molecular formula is C77H141NO18. The first-order chi connectivity index (χ1) is 46.8. The lowest BCUT2D eigenvalue weighted by Crippen LogP contribution is -2.66. The van der Waals surface area contributed by atoms with Crippen molar-refractivity contribution in [1.29, 1.82) is 0 Å². The third-order valence-electron chi connectivity index (χ3n) is 19.3. The van der Waals surface area contributed by atoms with Crippen LogP contribution >= 0.6 is 0 Å². The molecule has 17 unspecified atom stereocenters. The Hall–Kier alpha value is -2.25. The lowest BCUT2D eigenvalue weighted by molar-refractivity contribution is -0.379. The maximum absolute atomic E-state index is 13.5. The summed E-state index contributed by atoms with van der Waals surface area (Å²) >= 11 is 0. The predicted molar refractivity (Wildman–Crippen MR) is 379 cm³/mol. The number of carbonyl (C=O) groups excluding carboxylic acids is 1. The van der Waals surface area contributed by atoms with E-state index in [9.17, 15) is 61.0 Å². The van der Waals surface area contributed by atoms with Crippen LogP contribution in [0.25, 0.3) is 0 Å². The van der Waals surface area contributed by atoms with E-state index in [1.807, 2.05) is 6.08 Å². The SMILES string of the molecule is CCCCCCCCCC/C=C\CCCCCCCCCCCCCCCC(=O)NC(COC1OC(CO)C(OC2OC(CO)C(OC3OC(CO)C(O)C(O)C3O)C(O)C2O)C(O)C1O)C(O)/C=C/CC/C=C/CC/C=C/CCCCCCCCCCCCCCCCCC. The van der Waals surface area contributed by atoms with E-state index in [1.54, 1.807) is 6.08 Å². The van der Waals surface area contributed by atoms with Gasteiger partial charge in [-0.25, -0.2) is 0 Å². The average Bonchev–Trinajstić information content (AvgIpc) is 0.788. The minimum Gasteiger partial charge on any atom is -0.394 e. The second-order valence-corrected chi connectivity index (χ2v) is 27.8. The number of aliphatic hydroxyl groups excluding tert-OH is 11. The molecule has 0 spiro atoms. The van der Waals surface area contributed by atoms with E-state index in [0.29, 0.717) is 12.8 Å². The molecule has 3 heterocycles. The molecule has 19 nitrogen and oxygen atoms in total. The van der Waals surface area contributed by atoms with Crippen LogP contribution in [0.5, 0.6) is 0 Å².